The Hall–Kier alpha value is -1.03. The fourth-order valence-electron chi connectivity index (χ4n) is 1.06. The van der Waals surface area contributed by atoms with Gasteiger partial charge in [0.2, 0.25) is 0 Å². The lowest BCUT2D eigenvalue weighted by Gasteiger charge is -2.32. The van der Waals surface area contributed by atoms with Crippen LogP contribution in [0.3, 0.4) is 0 Å². The third kappa shape index (κ3) is 3.72. The van der Waals surface area contributed by atoms with Crippen LogP contribution in [-0.4, -0.2) is 55.6 Å². The minimum absolute atomic E-state index is 0.166. The van der Waals surface area contributed by atoms with Gasteiger partial charge in [0.25, 0.3) is 10.0 Å². The third-order valence-corrected chi connectivity index (χ3v) is 5.66. The summed E-state index contributed by atoms with van der Waals surface area (Å²) in [5.41, 5.74) is 0.371. The average molecular weight is 307 g/mol. The molecule has 0 amide bonds. The normalized spacial score (nSPS) is 12.9. The number of hydrogen-bond acceptors (Lipinski definition) is 6. The Labute approximate surface area is 116 Å². The molecule has 108 valence electrons. The highest BCUT2D eigenvalue weighted by Crippen LogP contribution is 2.20. The first-order chi connectivity index (χ1) is 8.58. The van der Waals surface area contributed by atoms with Gasteiger partial charge in [-0.05, 0) is 27.9 Å². The third-order valence-electron chi connectivity index (χ3n) is 2.89. The summed E-state index contributed by atoms with van der Waals surface area (Å²) < 4.78 is 26.3. The molecule has 0 aromatic carbocycles. The molecule has 0 spiro atoms. The summed E-state index contributed by atoms with van der Waals surface area (Å²) in [6.07, 6.45) is 0. The average Bonchev–Trinajstić information content (AvgIpc) is 2.76. The Morgan fingerprint density at radius 1 is 1.53 bits per heavy atom. The van der Waals surface area contributed by atoms with Gasteiger partial charge in [-0.15, -0.1) is 11.3 Å². The topological polar surface area (TPSA) is 99.6 Å². The maximum atomic E-state index is 12.1. The zero-order chi connectivity index (χ0) is 14.8. The molecule has 9 heteroatoms. The van der Waals surface area contributed by atoms with Gasteiger partial charge in [-0.3, -0.25) is 0 Å². The Morgan fingerprint density at radius 2 is 2.11 bits per heavy atom. The minimum Gasteiger partial charge on any atom is -0.476 e. The smallest absolute Gasteiger partial charge is 0.356 e. The molecule has 0 fully saturated rings. The summed E-state index contributed by atoms with van der Waals surface area (Å²) in [5, 5.41) is 8.88. The number of thiazole rings is 1. The zero-order valence-corrected chi connectivity index (χ0v) is 12.8. The predicted molar refractivity (Wildman–Crippen MR) is 72.0 cm³/mol. The number of carboxylic acids is 1. The van der Waals surface area contributed by atoms with E-state index in [9.17, 15) is 13.2 Å². The molecule has 1 rings (SSSR count). The van der Waals surface area contributed by atoms with Crippen LogP contribution in [0.25, 0.3) is 0 Å². The van der Waals surface area contributed by atoms with Gasteiger partial charge < -0.3 is 10.0 Å². The van der Waals surface area contributed by atoms with Gasteiger partial charge in [0, 0.05) is 12.1 Å². The second kappa shape index (κ2) is 5.53. The zero-order valence-electron chi connectivity index (χ0n) is 11.2. The van der Waals surface area contributed by atoms with Crippen LogP contribution in [-0.2, 0) is 10.0 Å². The minimum atomic E-state index is -3.86. The molecular formula is C10H17N3O4S2. The number of carboxylic acid groups (broad SMARTS) is 1. The molecule has 0 saturated carbocycles. The molecule has 0 atom stereocenters. The first kappa shape index (κ1) is 16.0. The molecule has 0 saturated heterocycles. The van der Waals surface area contributed by atoms with Crippen LogP contribution in [0, 0.1) is 0 Å². The molecule has 0 bridgehead atoms. The fourth-order valence-corrected chi connectivity index (χ4v) is 3.45. The number of likely N-dealkylation sites (N-methyl/N-ethyl adjacent to an activating group) is 1. The Bertz CT molecular complexity index is 563. The van der Waals surface area contributed by atoms with Crippen molar-refractivity contribution >= 4 is 27.3 Å². The molecule has 0 unspecified atom stereocenters. The monoisotopic (exact) mass is 307 g/mol. The summed E-state index contributed by atoms with van der Waals surface area (Å²) in [5.74, 6) is -1.35. The van der Waals surface area contributed by atoms with Gasteiger partial charge in [-0.25, -0.2) is 22.9 Å². The van der Waals surface area contributed by atoms with E-state index >= 15 is 0 Å². The van der Waals surface area contributed by atoms with E-state index in [0.717, 1.165) is 11.3 Å². The van der Waals surface area contributed by atoms with Crippen LogP contribution in [0.5, 0.6) is 0 Å². The van der Waals surface area contributed by atoms with E-state index in [1.54, 1.807) is 0 Å². The van der Waals surface area contributed by atoms with E-state index in [2.05, 4.69) is 9.71 Å². The summed E-state index contributed by atoms with van der Waals surface area (Å²) in [7, 11) is -0.187. The number of carbonyl (C=O) groups is 1. The molecule has 1 aromatic heterocycles. The summed E-state index contributed by atoms with van der Waals surface area (Å²) >= 11 is 0.788. The van der Waals surface area contributed by atoms with E-state index in [0.29, 0.717) is 0 Å². The van der Waals surface area contributed by atoms with Crippen molar-refractivity contribution in [1.29, 1.82) is 0 Å². The molecule has 1 aromatic rings. The van der Waals surface area contributed by atoms with E-state index in [1.165, 1.54) is 5.51 Å². The summed E-state index contributed by atoms with van der Waals surface area (Å²) in [6, 6.07) is 0. The van der Waals surface area contributed by atoms with Crippen molar-refractivity contribution in [1.82, 2.24) is 14.6 Å². The number of hydrogen-bond donors (Lipinski definition) is 2. The molecule has 7 nitrogen and oxygen atoms in total. The first-order valence-electron chi connectivity index (χ1n) is 5.42. The highest BCUT2D eigenvalue weighted by Gasteiger charge is 2.28. The first-order valence-corrected chi connectivity index (χ1v) is 7.78. The Morgan fingerprint density at radius 3 is 2.58 bits per heavy atom. The lowest BCUT2D eigenvalue weighted by Crippen LogP contribution is -2.48. The van der Waals surface area contributed by atoms with Crippen LogP contribution >= 0.6 is 11.3 Å². The number of nitrogens with zero attached hydrogens (tertiary/aromatic N) is 2. The van der Waals surface area contributed by atoms with E-state index < -0.39 is 21.7 Å². The second-order valence-electron chi connectivity index (χ2n) is 4.82. The second-order valence-corrected chi connectivity index (χ2v) is 7.64. The van der Waals surface area contributed by atoms with Crippen molar-refractivity contribution in [2.45, 2.75) is 23.6 Å². The fraction of sp³-hybridized carbons (Fsp3) is 0.600. The van der Waals surface area contributed by atoms with Crippen molar-refractivity contribution in [2.24, 2.45) is 0 Å². The van der Waals surface area contributed by atoms with Crippen molar-refractivity contribution < 1.29 is 18.3 Å². The maximum absolute atomic E-state index is 12.1. The van der Waals surface area contributed by atoms with E-state index in [4.69, 9.17) is 5.11 Å². The van der Waals surface area contributed by atoms with Gasteiger partial charge in [-0.2, -0.15) is 0 Å². The largest absolute Gasteiger partial charge is 0.476 e. The molecular weight excluding hydrogens is 290 g/mol. The lowest BCUT2D eigenvalue weighted by atomic mass is 10.1. The van der Waals surface area contributed by atoms with Crippen LogP contribution < -0.4 is 4.72 Å². The maximum Gasteiger partial charge on any atom is 0.356 e. The van der Waals surface area contributed by atoms with Gasteiger partial charge in [0.1, 0.15) is 0 Å². The quantitative estimate of drug-likeness (QED) is 0.792. The van der Waals surface area contributed by atoms with Gasteiger partial charge >= 0.3 is 5.97 Å². The number of sulfonamides is 1. The van der Waals surface area contributed by atoms with Crippen LogP contribution in [0.15, 0.2) is 9.72 Å². The summed E-state index contributed by atoms with van der Waals surface area (Å²) in [6.45, 7) is 3.92. The predicted octanol–water partition coefficient (Wildman–Crippen LogP) is 0.460. The molecule has 2 N–H and O–H groups in total. The highest BCUT2D eigenvalue weighted by atomic mass is 32.2. The number of rotatable bonds is 6. The number of aromatic carboxylic acids is 1. The lowest BCUT2D eigenvalue weighted by molar-refractivity contribution is 0.0687. The van der Waals surface area contributed by atoms with Crippen LogP contribution in [0.1, 0.15) is 24.3 Å². The van der Waals surface area contributed by atoms with Crippen LogP contribution in [0.2, 0.25) is 0 Å². The van der Waals surface area contributed by atoms with Gasteiger partial charge in [0.05, 0.1) is 5.51 Å². The van der Waals surface area contributed by atoms with Gasteiger partial charge in [0.15, 0.2) is 9.90 Å². The molecule has 0 aliphatic carbocycles. The molecule has 0 aliphatic rings. The van der Waals surface area contributed by atoms with E-state index in [1.807, 2.05) is 32.8 Å². The Balaban J connectivity index is 2.94. The van der Waals surface area contributed by atoms with Gasteiger partial charge in [-0.1, -0.05) is 0 Å². The number of aromatic nitrogens is 1. The standard InChI is InChI=1S/C10H17N3O4S2/c1-10(2,13(3)4)5-12-19(16,17)9-7(8(14)15)11-6-18-9/h6,12H,5H2,1-4H3,(H,14,15). The van der Waals surface area contributed by atoms with Crippen LogP contribution in [0.4, 0.5) is 0 Å². The van der Waals surface area contributed by atoms with E-state index in [-0.39, 0.29) is 16.3 Å². The number of nitrogens with one attached hydrogen (secondary N) is 1. The van der Waals surface area contributed by atoms with Crippen molar-refractivity contribution in [3.8, 4) is 0 Å². The van der Waals surface area contributed by atoms with Crippen molar-refractivity contribution in [2.75, 3.05) is 20.6 Å². The van der Waals surface area contributed by atoms with Crippen molar-refractivity contribution in [3.05, 3.63) is 11.2 Å². The SMILES string of the molecule is CN(C)C(C)(C)CNS(=O)(=O)c1scnc1C(=O)O. The highest BCUT2D eigenvalue weighted by molar-refractivity contribution is 7.91. The Kier molecular flexibility index (Phi) is 4.67. The molecule has 19 heavy (non-hydrogen) atoms. The summed E-state index contributed by atoms with van der Waals surface area (Å²) in [4.78, 5) is 16.3. The van der Waals surface area contributed by atoms with Crippen molar-refractivity contribution in [3.63, 3.8) is 0 Å². The molecule has 0 aliphatic heterocycles. The molecule has 1 heterocycles. The molecule has 0 radical (unpaired) electrons.